The second-order valence-electron chi connectivity index (χ2n) is 4.37. The van der Waals surface area contributed by atoms with Crippen LogP contribution in [0.1, 0.15) is 11.1 Å². The molecule has 3 rings (SSSR count). The largest absolute Gasteiger partial charge is 0.489 e. The first kappa shape index (κ1) is 11.4. The van der Waals surface area contributed by atoms with Gasteiger partial charge < -0.3 is 10.1 Å². The van der Waals surface area contributed by atoms with Gasteiger partial charge in [0.1, 0.15) is 12.4 Å². The molecule has 1 N–H and O–H groups in total. The van der Waals surface area contributed by atoms with E-state index in [0.717, 1.165) is 18.7 Å². The van der Waals surface area contributed by atoms with Gasteiger partial charge in [-0.2, -0.15) is 0 Å². The van der Waals surface area contributed by atoms with Gasteiger partial charge in [0.15, 0.2) is 0 Å². The first-order valence-electron chi connectivity index (χ1n) is 6.06. The molecule has 0 bridgehead atoms. The van der Waals surface area contributed by atoms with Gasteiger partial charge in [0.25, 0.3) is 0 Å². The van der Waals surface area contributed by atoms with E-state index in [1.807, 2.05) is 24.3 Å². The zero-order valence-electron chi connectivity index (χ0n) is 9.95. The number of para-hydroxylation sites is 1. The van der Waals surface area contributed by atoms with Crippen molar-refractivity contribution >= 4 is 17.3 Å². The van der Waals surface area contributed by atoms with E-state index in [4.69, 9.17) is 16.3 Å². The van der Waals surface area contributed by atoms with Gasteiger partial charge in [-0.1, -0.05) is 35.9 Å². The zero-order chi connectivity index (χ0) is 12.4. The fourth-order valence-electron chi connectivity index (χ4n) is 2.25. The van der Waals surface area contributed by atoms with Crippen molar-refractivity contribution in [2.75, 3.05) is 11.9 Å². The van der Waals surface area contributed by atoms with Gasteiger partial charge in [0.2, 0.25) is 0 Å². The molecule has 18 heavy (non-hydrogen) atoms. The van der Waals surface area contributed by atoms with E-state index in [1.54, 1.807) is 0 Å². The van der Waals surface area contributed by atoms with Crippen LogP contribution >= 0.6 is 11.6 Å². The summed E-state index contributed by atoms with van der Waals surface area (Å²) in [5.41, 5.74) is 3.81. The summed E-state index contributed by atoms with van der Waals surface area (Å²) >= 11 is 5.93. The number of nitrogens with one attached hydrogen (secondary N) is 1. The lowest BCUT2D eigenvalue weighted by Crippen LogP contribution is -2.00. The van der Waals surface area contributed by atoms with Crippen molar-refractivity contribution in [3.63, 3.8) is 0 Å². The Balaban J connectivity index is 1.76. The second-order valence-corrected chi connectivity index (χ2v) is 4.81. The second kappa shape index (κ2) is 4.91. The Morgan fingerprint density at radius 1 is 1.17 bits per heavy atom. The van der Waals surface area contributed by atoms with E-state index in [0.29, 0.717) is 11.6 Å². The molecular weight excluding hydrogens is 246 g/mol. The van der Waals surface area contributed by atoms with Crippen LogP contribution in [0.5, 0.6) is 5.75 Å². The Morgan fingerprint density at radius 3 is 2.94 bits per heavy atom. The molecule has 0 atom stereocenters. The quantitative estimate of drug-likeness (QED) is 0.903. The number of hydrogen-bond acceptors (Lipinski definition) is 2. The fourth-order valence-corrected chi connectivity index (χ4v) is 2.43. The smallest absolute Gasteiger partial charge is 0.121 e. The van der Waals surface area contributed by atoms with Crippen molar-refractivity contribution in [3.8, 4) is 5.75 Å². The van der Waals surface area contributed by atoms with Crippen molar-refractivity contribution in [2.24, 2.45) is 0 Å². The lowest BCUT2D eigenvalue weighted by molar-refractivity contribution is 0.307. The van der Waals surface area contributed by atoms with E-state index in [2.05, 4.69) is 23.5 Å². The van der Waals surface area contributed by atoms with Gasteiger partial charge in [0, 0.05) is 22.8 Å². The molecule has 0 saturated carbocycles. The molecule has 0 fully saturated rings. The van der Waals surface area contributed by atoms with Crippen molar-refractivity contribution in [3.05, 3.63) is 58.6 Å². The van der Waals surface area contributed by atoms with Crippen molar-refractivity contribution in [2.45, 2.75) is 13.0 Å². The molecule has 1 heterocycles. The minimum atomic E-state index is 0.566. The number of ether oxygens (including phenoxy) is 1. The predicted octanol–water partition coefficient (Wildman–Crippen LogP) is 3.89. The molecule has 0 aliphatic carbocycles. The molecule has 1 aliphatic rings. The summed E-state index contributed by atoms with van der Waals surface area (Å²) in [5.74, 6) is 0.804. The van der Waals surface area contributed by atoms with Gasteiger partial charge in [0.05, 0.1) is 0 Å². The van der Waals surface area contributed by atoms with Crippen LogP contribution in [0.2, 0.25) is 5.02 Å². The fraction of sp³-hybridized carbons (Fsp3) is 0.200. The molecule has 92 valence electrons. The number of halogens is 1. The van der Waals surface area contributed by atoms with Crippen LogP contribution in [-0.4, -0.2) is 6.54 Å². The number of hydrogen-bond donors (Lipinski definition) is 1. The number of benzene rings is 2. The van der Waals surface area contributed by atoms with Gasteiger partial charge in [-0.25, -0.2) is 0 Å². The Morgan fingerprint density at radius 2 is 2.06 bits per heavy atom. The highest BCUT2D eigenvalue weighted by molar-refractivity contribution is 6.30. The third-order valence-electron chi connectivity index (χ3n) is 3.12. The Kier molecular flexibility index (Phi) is 3.11. The monoisotopic (exact) mass is 259 g/mol. The molecule has 2 nitrogen and oxygen atoms in total. The predicted molar refractivity (Wildman–Crippen MR) is 74.4 cm³/mol. The number of anilines is 1. The third kappa shape index (κ3) is 2.29. The van der Waals surface area contributed by atoms with Crippen LogP contribution in [0.4, 0.5) is 5.69 Å². The maximum absolute atomic E-state index is 5.93. The lowest BCUT2D eigenvalue weighted by Gasteiger charge is -2.10. The van der Waals surface area contributed by atoms with Crippen LogP contribution in [0.25, 0.3) is 0 Å². The van der Waals surface area contributed by atoms with Crippen LogP contribution in [-0.2, 0) is 13.0 Å². The highest BCUT2D eigenvalue weighted by Crippen LogP contribution is 2.27. The molecule has 0 radical (unpaired) electrons. The average Bonchev–Trinajstić information content (AvgIpc) is 2.85. The topological polar surface area (TPSA) is 21.3 Å². The molecule has 0 unspecified atom stereocenters. The summed E-state index contributed by atoms with van der Waals surface area (Å²) in [4.78, 5) is 0. The van der Waals surface area contributed by atoms with Crippen molar-refractivity contribution in [1.29, 1.82) is 0 Å². The van der Waals surface area contributed by atoms with Crippen LogP contribution in [0.3, 0.4) is 0 Å². The highest BCUT2D eigenvalue weighted by Gasteiger charge is 2.13. The molecule has 3 heteroatoms. The molecule has 0 saturated heterocycles. The average molecular weight is 260 g/mol. The van der Waals surface area contributed by atoms with E-state index < -0.39 is 0 Å². The van der Waals surface area contributed by atoms with Gasteiger partial charge >= 0.3 is 0 Å². The maximum atomic E-state index is 5.93. The van der Waals surface area contributed by atoms with Gasteiger partial charge in [-0.05, 0) is 30.2 Å². The van der Waals surface area contributed by atoms with Crippen LogP contribution < -0.4 is 10.1 Å². The highest BCUT2D eigenvalue weighted by atomic mass is 35.5. The first-order chi connectivity index (χ1) is 8.83. The Bertz CT molecular complexity index is 568. The Labute approximate surface area is 112 Å². The minimum Gasteiger partial charge on any atom is -0.489 e. The van der Waals surface area contributed by atoms with Gasteiger partial charge in [-0.15, -0.1) is 0 Å². The van der Waals surface area contributed by atoms with Crippen LogP contribution in [0.15, 0.2) is 42.5 Å². The third-order valence-corrected chi connectivity index (χ3v) is 3.36. The van der Waals surface area contributed by atoms with E-state index >= 15 is 0 Å². The minimum absolute atomic E-state index is 0.566. The first-order valence-corrected chi connectivity index (χ1v) is 6.44. The molecule has 0 spiro atoms. The summed E-state index contributed by atoms with van der Waals surface area (Å²) in [6, 6.07) is 13.8. The molecule has 2 aromatic rings. The summed E-state index contributed by atoms with van der Waals surface area (Å²) in [7, 11) is 0. The van der Waals surface area contributed by atoms with E-state index in [9.17, 15) is 0 Å². The van der Waals surface area contributed by atoms with Crippen LogP contribution in [0, 0.1) is 0 Å². The van der Waals surface area contributed by atoms with E-state index in [-0.39, 0.29) is 0 Å². The summed E-state index contributed by atoms with van der Waals surface area (Å²) in [5, 5.41) is 4.11. The lowest BCUT2D eigenvalue weighted by atomic mass is 10.1. The summed E-state index contributed by atoms with van der Waals surface area (Å²) in [6.45, 7) is 1.58. The zero-order valence-corrected chi connectivity index (χ0v) is 10.7. The summed E-state index contributed by atoms with van der Waals surface area (Å²) in [6.07, 6.45) is 1.10. The molecule has 0 amide bonds. The van der Waals surface area contributed by atoms with Crippen molar-refractivity contribution < 1.29 is 4.74 Å². The van der Waals surface area contributed by atoms with E-state index in [1.165, 1.54) is 16.8 Å². The summed E-state index contributed by atoms with van der Waals surface area (Å²) < 4.78 is 5.77. The normalized spacial score (nSPS) is 12.9. The SMILES string of the molecule is Clc1cccc(OCc2cccc3c2NCC3)c1. The molecule has 1 aliphatic heterocycles. The number of rotatable bonds is 3. The number of fused-ring (bicyclic) bond motifs is 1. The van der Waals surface area contributed by atoms with Gasteiger partial charge in [-0.3, -0.25) is 0 Å². The molecule has 2 aromatic carbocycles. The van der Waals surface area contributed by atoms with Crippen molar-refractivity contribution in [1.82, 2.24) is 0 Å². The Hall–Kier alpha value is -1.67. The maximum Gasteiger partial charge on any atom is 0.121 e. The molecular formula is C15H14ClNO. The standard InChI is InChI=1S/C15H14ClNO/c16-13-5-2-6-14(9-13)18-10-12-4-1-3-11-7-8-17-15(11)12/h1-6,9,17H,7-8,10H2. The molecule has 0 aromatic heterocycles.